The van der Waals surface area contributed by atoms with Crippen molar-refractivity contribution in [2.24, 2.45) is 0 Å². The van der Waals surface area contributed by atoms with Crippen LogP contribution in [-0.4, -0.2) is 28.4 Å². The highest BCUT2D eigenvalue weighted by Gasteiger charge is 2.32. The van der Waals surface area contributed by atoms with Crippen molar-refractivity contribution in [2.75, 3.05) is 6.61 Å². The van der Waals surface area contributed by atoms with E-state index < -0.39 is 0 Å². The Balaban J connectivity index is 1.57. The number of ether oxygens (including phenoxy) is 1. The number of H-pyrrole nitrogens is 1. The van der Waals surface area contributed by atoms with Crippen LogP contribution in [0.1, 0.15) is 30.9 Å². The Kier molecular flexibility index (Phi) is 4.65. The molecular formula is C22H24N2O2. The quantitative estimate of drug-likeness (QED) is 0.692. The van der Waals surface area contributed by atoms with E-state index >= 15 is 0 Å². The SMILES string of the molecule is CCOc1cccc2[nH]cc(CC(=O)N(Cc3ccccc3)C3CC3)c12. The van der Waals surface area contributed by atoms with Crippen molar-refractivity contribution in [1.82, 2.24) is 9.88 Å². The maximum absolute atomic E-state index is 13.1. The number of amides is 1. The first-order chi connectivity index (χ1) is 12.8. The van der Waals surface area contributed by atoms with Gasteiger partial charge in [0.25, 0.3) is 0 Å². The van der Waals surface area contributed by atoms with Crippen LogP contribution >= 0.6 is 0 Å². The van der Waals surface area contributed by atoms with Gasteiger partial charge in [-0.1, -0.05) is 36.4 Å². The summed E-state index contributed by atoms with van der Waals surface area (Å²) in [6, 6.07) is 16.6. The number of carbonyl (C=O) groups excluding carboxylic acids is 1. The predicted molar refractivity (Wildman–Crippen MR) is 103 cm³/mol. The molecule has 0 spiro atoms. The van der Waals surface area contributed by atoms with Gasteiger partial charge in [-0.25, -0.2) is 0 Å². The van der Waals surface area contributed by atoms with Crippen molar-refractivity contribution in [3.8, 4) is 5.75 Å². The van der Waals surface area contributed by atoms with Crippen LogP contribution in [0.2, 0.25) is 0 Å². The van der Waals surface area contributed by atoms with E-state index in [0.29, 0.717) is 25.6 Å². The molecule has 0 atom stereocenters. The third-order valence-electron chi connectivity index (χ3n) is 4.89. The minimum absolute atomic E-state index is 0.184. The summed E-state index contributed by atoms with van der Waals surface area (Å²) in [5.41, 5.74) is 3.20. The van der Waals surface area contributed by atoms with Crippen molar-refractivity contribution in [1.29, 1.82) is 0 Å². The normalized spacial score (nSPS) is 13.7. The minimum atomic E-state index is 0.184. The zero-order valence-corrected chi connectivity index (χ0v) is 15.1. The van der Waals surface area contributed by atoms with Gasteiger partial charge >= 0.3 is 0 Å². The second-order valence-electron chi connectivity index (χ2n) is 6.84. The molecule has 0 radical (unpaired) electrons. The fourth-order valence-corrected chi connectivity index (χ4v) is 3.49. The second kappa shape index (κ2) is 7.24. The molecule has 4 nitrogen and oxygen atoms in total. The Labute approximate surface area is 153 Å². The molecule has 1 heterocycles. The molecule has 1 aromatic heterocycles. The van der Waals surface area contributed by atoms with E-state index in [4.69, 9.17) is 4.74 Å². The molecule has 0 bridgehead atoms. The summed E-state index contributed by atoms with van der Waals surface area (Å²) < 4.78 is 5.77. The van der Waals surface area contributed by atoms with Crippen LogP contribution in [0.4, 0.5) is 0 Å². The Morgan fingerprint density at radius 2 is 1.96 bits per heavy atom. The van der Waals surface area contributed by atoms with Crippen molar-refractivity contribution < 1.29 is 9.53 Å². The van der Waals surface area contributed by atoms with E-state index in [1.165, 1.54) is 5.56 Å². The van der Waals surface area contributed by atoms with Crippen LogP contribution in [-0.2, 0) is 17.8 Å². The van der Waals surface area contributed by atoms with Crippen LogP contribution in [0.3, 0.4) is 0 Å². The lowest BCUT2D eigenvalue weighted by Gasteiger charge is -2.22. The summed E-state index contributed by atoms with van der Waals surface area (Å²) >= 11 is 0. The van der Waals surface area contributed by atoms with E-state index in [0.717, 1.165) is 35.1 Å². The highest BCUT2D eigenvalue weighted by atomic mass is 16.5. The molecule has 1 amide bonds. The van der Waals surface area contributed by atoms with Gasteiger partial charge in [0.05, 0.1) is 13.0 Å². The van der Waals surface area contributed by atoms with Gasteiger partial charge in [0, 0.05) is 29.7 Å². The van der Waals surface area contributed by atoms with Gasteiger partial charge in [-0.05, 0) is 43.0 Å². The van der Waals surface area contributed by atoms with E-state index in [1.807, 2.05) is 54.4 Å². The van der Waals surface area contributed by atoms with Crippen LogP contribution in [0, 0.1) is 0 Å². The predicted octanol–water partition coefficient (Wildman–Crippen LogP) is 4.30. The van der Waals surface area contributed by atoms with Crippen LogP contribution < -0.4 is 4.74 Å². The largest absolute Gasteiger partial charge is 0.493 e. The lowest BCUT2D eigenvalue weighted by atomic mass is 10.1. The molecule has 3 aromatic rings. The summed E-state index contributed by atoms with van der Waals surface area (Å²) in [7, 11) is 0. The molecule has 134 valence electrons. The Hall–Kier alpha value is -2.75. The lowest BCUT2D eigenvalue weighted by molar-refractivity contribution is -0.131. The molecule has 1 aliphatic rings. The van der Waals surface area contributed by atoms with Gasteiger partial charge in [-0.15, -0.1) is 0 Å². The van der Waals surface area contributed by atoms with Crippen LogP contribution in [0.15, 0.2) is 54.7 Å². The smallest absolute Gasteiger partial charge is 0.227 e. The van der Waals surface area contributed by atoms with Crippen LogP contribution in [0.5, 0.6) is 5.75 Å². The van der Waals surface area contributed by atoms with Gasteiger partial charge < -0.3 is 14.6 Å². The van der Waals surface area contributed by atoms with Crippen molar-refractivity contribution in [3.63, 3.8) is 0 Å². The molecule has 26 heavy (non-hydrogen) atoms. The molecule has 1 N–H and O–H groups in total. The fourth-order valence-electron chi connectivity index (χ4n) is 3.49. The number of fused-ring (bicyclic) bond motifs is 1. The van der Waals surface area contributed by atoms with Gasteiger partial charge in [0.1, 0.15) is 5.75 Å². The number of hydrogen-bond acceptors (Lipinski definition) is 2. The number of hydrogen-bond donors (Lipinski definition) is 1. The number of nitrogens with one attached hydrogen (secondary N) is 1. The number of carbonyl (C=O) groups is 1. The standard InChI is InChI=1S/C22H24N2O2/c1-2-26-20-10-6-9-19-22(20)17(14-23-19)13-21(25)24(18-11-12-18)15-16-7-4-3-5-8-16/h3-10,14,18,23H,2,11-13,15H2,1H3. The number of aromatic amines is 1. The summed E-state index contributed by atoms with van der Waals surface area (Å²) in [5.74, 6) is 1.03. The molecular weight excluding hydrogens is 324 g/mol. The number of nitrogens with zero attached hydrogens (tertiary/aromatic N) is 1. The summed E-state index contributed by atoms with van der Waals surface area (Å²) in [6.45, 7) is 3.27. The van der Waals surface area contributed by atoms with Crippen molar-refractivity contribution in [3.05, 3.63) is 65.9 Å². The molecule has 4 rings (SSSR count). The molecule has 0 aliphatic heterocycles. The molecule has 1 saturated carbocycles. The Bertz CT molecular complexity index is 897. The van der Waals surface area contributed by atoms with Crippen LogP contribution in [0.25, 0.3) is 10.9 Å². The van der Waals surface area contributed by atoms with Gasteiger partial charge in [0.15, 0.2) is 0 Å². The zero-order chi connectivity index (χ0) is 17.9. The highest BCUT2D eigenvalue weighted by molar-refractivity contribution is 5.93. The average Bonchev–Trinajstić information content (AvgIpc) is 3.42. The van der Waals surface area contributed by atoms with E-state index in [1.54, 1.807) is 0 Å². The number of benzene rings is 2. The van der Waals surface area contributed by atoms with E-state index in [2.05, 4.69) is 17.1 Å². The summed E-state index contributed by atoms with van der Waals surface area (Å²) in [6.07, 6.45) is 4.55. The molecule has 4 heteroatoms. The molecule has 0 unspecified atom stereocenters. The summed E-state index contributed by atoms with van der Waals surface area (Å²) in [5, 5.41) is 1.03. The first-order valence-electron chi connectivity index (χ1n) is 9.31. The molecule has 0 saturated heterocycles. The maximum atomic E-state index is 13.1. The first-order valence-corrected chi connectivity index (χ1v) is 9.31. The first kappa shape index (κ1) is 16.7. The van der Waals surface area contributed by atoms with Crippen molar-refractivity contribution >= 4 is 16.8 Å². The monoisotopic (exact) mass is 348 g/mol. The summed E-state index contributed by atoms with van der Waals surface area (Å²) in [4.78, 5) is 18.4. The Morgan fingerprint density at radius 3 is 2.69 bits per heavy atom. The number of rotatable bonds is 7. The number of aromatic nitrogens is 1. The minimum Gasteiger partial charge on any atom is -0.493 e. The maximum Gasteiger partial charge on any atom is 0.227 e. The fraction of sp³-hybridized carbons (Fsp3) is 0.318. The molecule has 1 aliphatic carbocycles. The lowest BCUT2D eigenvalue weighted by Crippen LogP contribution is -2.33. The Morgan fingerprint density at radius 1 is 1.15 bits per heavy atom. The van der Waals surface area contributed by atoms with Gasteiger partial charge in [-0.2, -0.15) is 0 Å². The zero-order valence-electron chi connectivity index (χ0n) is 15.1. The molecule has 2 aromatic carbocycles. The van der Waals surface area contributed by atoms with Crippen molar-refractivity contribution in [2.45, 2.75) is 38.8 Å². The highest BCUT2D eigenvalue weighted by Crippen LogP contribution is 2.32. The van der Waals surface area contributed by atoms with E-state index in [9.17, 15) is 4.79 Å². The van der Waals surface area contributed by atoms with Gasteiger partial charge in [0.2, 0.25) is 5.91 Å². The average molecular weight is 348 g/mol. The van der Waals surface area contributed by atoms with Gasteiger partial charge in [-0.3, -0.25) is 4.79 Å². The van der Waals surface area contributed by atoms with E-state index in [-0.39, 0.29) is 5.91 Å². The molecule has 1 fully saturated rings. The second-order valence-corrected chi connectivity index (χ2v) is 6.84. The third-order valence-corrected chi connectivity index (χ3v) is 4.89. The third kappa shape index (κ3) is 3.45. The topological polar surface area (TPSA) is 45.3 Å².